The Labute approximate surface area is 176 Å². The highest BCUT2D eigenvalue weighted by Gasteiger charge is 2.28. The van der Waals surface area contributed by atoms with Crippen molar-refractivity contribution in [1.82, 2.24) is 4.57 Å². The van der Waals surface area contributed by atoms with Crippen LogP contribution in [0.2, 0.25) is 0 Å². The maximum absolute atomic E-state index is 9.89. The molecule has 3 aromatic carbocycles. The van der Waals surface area contributed by atoms with Crippen molar-refractivity contribution in [3.63, 3.8) is 0 Å². The zero-order valence-electron chi connectivity index (χ0n) is 16.8. The largest absolute Gasteiger partial charge is 0.489 e. The van der Waals surface area contributed by atoms with Crippen molar-refractivity contribution in [1.29, 1.82) is 0 Å². The zero-order chi connectivity index (χ0) is 20.3. The average Bonchev–Trinajstić information content (AvgIpc) is 3.37. The fraction of sp³-hybridized carbons (Fsp3) is 0.231. The molecule has 0 aliphatic carbocycles. The highest BCUT2D eigenvalue weighted by atomic mass is 16.6. The first kappa shape index (κ1) is 18.9. The molecule has 4 nitrogen and oxygen atoms in total. The van der Waals surface area contributed by atoms with E-state index in [2.05, 4.69) is 59.3 Å². The number of hydrogen-bond donors (Lipinski definition) is 1. The molecule has 2 heterocycles. The van der Waals surface area contributed by atoms with Gasteiger partial charge in [-0.3, -0.25) is 0 Å². The maximum atomic E-state index is 9.89. The molecule has 2 atom stereocenters. The van der Waals surface area contributed by atoms with Crippen LogP contribution in [0.25, 0.3) is 10.9 Å². The van der Waals surface area contributed by atoms with Gasteiger partial charge in [-0.1, -0.05) is 60.7 Å². The molecule has 0 amide bonds. The minimum absolute atomic E-state index is 0.184. The smallest absolute Gasteiger partial charge is 0.155 e. The fourth-order valence-corrected chi connectivity index (χ4v) is 4.19. The Bertz CT molecular complexity index is 1120. The number of ether oxygens (including phenoxy) is 2. The summed E-state index contributed by atoms with van der Waals surface area (Å²) >= 11 is 0. The second kappa shape index (κ2) is 8.34. The first-order chi connectivity index (χ1) is 14.8. The lowest BCUT2D eigenvalue weighted by Crippen LogP contribution is -2.01. The molecule has 4 aromatic rings. The lowest BCUT2D eigenvalue weighted by atomic mass is 9.97. The molecule has 1 aliphatic heterocycles. The number of fused-ring (bicyclic) bond motifs is 1. The molecule has 1 fully saturated rings. The van der Waals surface area contributed by atoms with E-state index in [0.717, 1.165) is 17.9 Å². The van der Waals surface area contributed by atoms with Crippen LogP contribution in [0.4, 0.5) is 0 Å². The van der Waals surface area contributed by atoms with Crippen LogP contribution in [0.3, 0.4) is 0 Å². The van der Waals surface area contributed by atoms with E-state index in [0.29, 0.717) is 19.6 Å². The Morgan fingerprint density at radius 2 is 1.67 bits per heavy atom. The van der Waals surface area contributed by atoms with Crippen molar-refractivity contribution in [2.75, 3.05) is 6.61 Å². The van der Waals surface area contributed by atoms with Crippen LogP contribution < -0.4 is 4.74 Å². The first-order valence-electron chi connectivity index (χ1n) is 10.4. The van der Waals surface area contributed by atoms with E-state index in [1.807, 2.05) is 30.3 Å². The lowest BCUT2D eigenvalue weighted by molar-refractivity contribution is -0.0589. The van der Waals surface area contributed by atoms with E-state index in [9.17, 15) is 5.11 Å². The third kappa shape index (κ3) is 3.97. The fourth-order valence-electron chi connectivity index (χ4n) is 4.19. The second-order valence-electron chi connectivity index (χ2n) is 7.87. The molecule has 0 spiro atoms. The van der Waals surface area contributed by atoms with Crippen molar-refractivity contribution < 1.29 is 14.6 Å². The summed E-state index contributed by atoms with van der Waals surface area (Å²) in [6.07, 6.45) is 2.16. The highest BCUT2D eigenvalue weighted by molar-refractivity contribution is 5.86. The number of rotatable bonds is 6. The standard InChI is InChI=1S/C26H25NO3/c28-26-13-21(18-30-26)24-16-27(15-19-7-3-1-4-8-19)25-12-11-22(14-23(24)25)29-17-20-9-5-2-6-10-20/h1-12,14,16,21,26,28H,13,15,17-18H2. The van der Waals surface area contributed by atoms with Crippen LogP contribution >= 0.6 is 0 Å². The molecule has 0 saturated carbocycles. The highest BCUT2D eigenvalue weighted by Crippen LogP contribution is 2.36. The molecular weight excluding hydrogens is 374 g/mol. The number of nitrogens with zero attached hydrogens (tertiary/aromatic N) is 1. The Kier molecular flexibility index (Phi) is 5.26. The van der Waals surface area contributed by atoms with Crippen LogP contribution in [0.15, 0.2) is 85.1 Å². The molecule has 30 heavy (non-hydrogen) atoms. The maximum Gasteiger partial charge on any atom is 0.155 e. The van der Waals surface area contributed by atoms with Crippen molar-refractivity contribution in [3.05, 3.63) is 102 Å². The van der Waals surface area contributed by atoms with Gasteiger partial charge in [0.05, 0.1) is 6.61 Å². The number of aliphatic hydroxyl groups excluding tert-OH is 1. The molecule has 152 valence electrons. The van der Waals surface area contributed by atoms with Gasteiger partial charge in [-0.15, -0.1) is 0 Å². The van der Waals surface area contributed by atoms with E-state index in [1.54, 1.807) is 0 Å². The van der Waals surface area contributed by atoms with Gasteiger partial charge in [0.15, 0.2) is 6.29 Å². The number of aliphatic hydroxyl groups is 1. The van der Waals surface area contributed by atoms with Gasteiger partial charge in [0, 0.05) is 36.0 Å². The van der Waals surface area contributed by atoms with Gasteiger partial charge in [0.25, 0.3) is 0 Å². The van der Waals surface area contributed by atoms with Crippen LogP contribution in [0.5, 0.6) is 5.75 Å². The van der Waals surface area contributed by atoms with Gasteiger partial charge in [-0.25, -0.2) is 0 Å². The SMILES string of the molecule is OC1CC(c2cn(Cc3ccccc3)c3ccc(OCc4ccccc4)cc23)CO1. The second-order valence-corrected chi connectivity index (χ2v) is 7.87. The summed E-state index contributed by atoms with van der Waals surface area (Å²) in [5, 5.41) is 11.1. The summed E-state index contributed by atoms with van der Waals surface area (Å²) < 4.78 is 13.8. The van der Waals surface area contributed by atoms with Crippen molar-refractivity contribution in [2.24, 2.45) is 0 Å². The summed E-state index contributed by atoms with van der Waals surface area (Å²) in [4.78, 5) is 0. The minimum atomic E-state index is -0.681. The summed E-state index contributed by atoms with van der Waals surface area (Å²) in [7, 11) is 0. The number of aromatic nitrogens is 1. The quantitative estimate of drug-likeness (QED) is 0.491. The topological polar surface area (TPSA) is 43.6 Å². The molecule has 1 N–H and O–H groups in total. The molecule has 5 rings (SSSR count). The van der Waals surface area contributed by atoms with E-state index < -0.39 is 6.29 Å². The van der Waals surface area contributed by atoms with E-state index in [1.165, 1.54) is 22.0 Å². The molecule has 1 aliphatic rings. The van der Waals surface area contributed by atoms with Crippen LogP contribution in [-0.4, -0.2) is 22.6 Å². The monoisotopic (exact) mass is 399 g/mol. The molecule has 0 radical (unpaired) electrons. The predicted molar refractivity (Wildman–Crippen MR) is 118 cm³/mol. The molecule has 2 unspecified atom stereocenters. The third-order valence-corrected chi connectivity index (χ3v) is 5.74. The van der Waals surface area contributed by atoms with Gasteiger partial charge < -0.3 is 19.1 Å². The summed E-state index contributed by atoms with van der Waals surface area (Å²) in [5.74, 6) is 1.04. The summed E-state index contributed by atoms with van der Waals surface area (Å²) in [6, 6.07) is 26.9. The van der Waals surface area contributed by atoms with Crippen molar-refractivity contribution in [3.8, 4) is 5.75 Å². The minimum Gasteiger partial charge on any atom is -0.489 e. The Morgan fingerprint density at radius 3 is 2.37 bits per heavy atom. The van der Waals surface area contributed by atoms with Crippen molar-refractivity contribution in [2.45, 2.75) is 31.8 Å². The number of benzene rings is 3. The number of hydrogen-bond acceptors (Lipinski definition) is 3. The molecule has 1 saturated heterocycles. The van der Waals surface area contributed by atoms with E-state index >= 15 is 0 Å². The average molecular weight is 399 g/mol. The molecule has 4 heteroatoms. The van der Waals surface area contributed by atoms with Crippen LogP contribution in [0.1, 0.15) is 29.0 Å². The Hall–Kier alpha value is -3.08. The van der Waals surface area contributed by atoms with Gasteiger partial charge in [-0.05, 0) is 34.9 Å². The van der Waals surface area contributed by atoms with E-state index in [-0.39, 0.29) is 5.92 Å². The summed E-state index contributed by atoms with van der Waals surface area (Å²) in [5.41, 5.74) is 4.78. The Morgan fingerprint density at radius 1 is 0.933 bits per heavy atom. The predicted octanol–water partition coefficient (Wildman–Crippen LogP) is 5.09. The lowest BCUT2D eigenvalue weighted by Gasteiger charge is -2.09. The van der Waals surface area contributed by atoms with E-state index in [4.69, 9.17) is 9.47 Å². The molecule has 1 aromatic heterocycles. The first-order valence-corrected chi connectivity index (χ1v) is 10.4. The van der Waals surface area contributed by atoms with Gasteiger partial charge in [0.1, 0.15) is 12.4 Å². The zero-order valence-corrected chi connectivity index (χ0v) is 16.8. The van der Waals surface area contributed by atoms with Gasteiger partial charge >= 0.3 is 0 Å². The van der Waals surface area contributed by atoms with Crippen LogP contribution in [0, 0.1) is 0 Å². The third-order valence-electron chi connectivity index (χ3n) is 5.74. The molecular formula is C26H25NO3. The Balaban J connectivity index is 1.48. The molecule has 0 bridgehead atoms. The normalized spacial score (nSPS) is 18.7. The summed E-state index contributed by atoms with van der Waals surface area (Å²) in [6.45, 7) is 1.88. The van der Waals surface area contributed by atoms with Gasteiger partial charge in [-0.2, -0.15) is 0 Å². The van der Waals surface area contributed by atoms with Crippen molar-refractivity contribution >= 4 is 10.9 Å². The van der Waals surface area contributed by atoms with Crippen LogP contribution in [-0.2, 0) is 17.9 Å². The van der Waals surface area contributed by atoms with Gasteiger partial charge in [0.2, 0.25) is 0 Å².